The number of carboxylic acids is 1. The molecule has 0 aliphatic rings. The lowest BCUT2D eigenvalue weighted by Gasteiger charge is -2.16. The summed E-state index contributed by atoms with van der Waals surface area (Å²) in [6, 6.07) is 6.41. The Morgan fingerprint density at radius 3 is 2.72 bits per heavy atom. The van der Waals surface area contributed by atoms with Crippen LogP contribution in [0.2, 0.25) is 0 Å². The molecule has 0 fully saturated rings. The quantitative estimate of drug-likeness (QED) is 0.820. The third kappa shape index (κ3) is 4.18. The van der Waals surface area contributed by atoms with Crippen LogP contribution in [0.4, 0.5) is 0 Å². The van der Waals surface area contributed by atoms with Crippen LogP contribution in [0.5, 0.6) is 0 Å². The smallest absolute Gasteiger partial charge is 0.335 e. The molecule has 0 aliphatic carbocycles. The monoisotopic (exact) mass is 251 g/mol. The number of aromatic carboxylic acids is 1. The molecular formula is C13H17NO4. The van der Waals surface area contributed by atoms with E-state index in [1.165, 1.54) is 12.1 Å². The van der Waals surface area contributed by atoms with Gasteiger partial charge in [0.2, 0.25) is 5.91 Å². The summed E-state index contributed by atoms with van der Waals surface area (Å²) in [5.41, 5.74) is 0.893. The molecule has 0 spiro atoms. The summed E-state index contributed by atoms with van der Waals surface area (Å²) in [6.45, 7) is 1.01. The zero-order valence-corrected chi connectivity index (χ0v) is 10.5. The maximum absolute atomic E-state index is 11.8. The fourth-order valence-electron chi connectivity index (χ4n) is 1.48. The Labute approximate surface area is 106 Å². The lowest BCUT2D eigenvalue weighted by molar-refractivity contribution is -0.129. The summed E-state index contributed by atoms with van der Waals surface area (Å²) in [5.74, 6) is -1.05. The Kier molecular flexibility index (Phi) is 5.32. The summed E-state index contributed by atoms with van der Waals surface area (Å²) in [5, 5.41) is 8.86. The van der Waals surface area contributed by atoms with E-state index < -0.39 is 5.97 Å². The van der Waals surface area contributed by atoms with Gasteiger partial charge in [0.05, 0.1) is 18.6 Å². The van der Waals surface area contributed by atoms with Crippen molar-refractivity contribution in [3.8, 4) is 0 Å². The van der Waals surface area contributed by atoms with E-state index in [9.17, 15) is 9.59 Å². The molecule has 5 heteroatoms. The van der Waals surface area contributed by atoms with Crippen LogP contribution in [0, 0.1) is 0 Å². The largest absolute Gasteiger partial charge is 0.478 e. The van der Waals surface area contributed by atoms with Crippen molar-refractivity contribution in [1.82, 2.24) is 4.90 Å². The van der Waals surface area contributed by atoms with E-state index in [1.54, 1.807) is 31.2 Å². The lowest BCUT2D eigenvalue weighted by atomic mass is 10.1. The highest BCUT2D eigenvalue weighted by atomic mass is 16.5. The topological polar surface area (TPSA) is 66.8 Å². The zero-order valence-electron chi connectivity index (χ0n) is 10.5. The number of amides is 1. The van der Waals surface area contributed by atoms with Gasteiger partial charge in [-0.15, -0.1) is 0 Å². The van der Waals surface area contributed by atoms with Crippen LogP contribution in [0.25, 0.3) is 0 Å². The molecule has 0 bridgehead atoms. The maximum atomic E-state index is 11.8. The average Bonchev–Trinajstić information content (AvgIpc) is 2.36. The average molecular weight is 251 g/mol. The van der Waals surface area contributed by atoms with Crippen LogP contribution >= 0.6 is 0 Å². The van der Waals surface area contributed by atoms with Gasteiger partial charge < -0.3 is 14.7 Å². The molecule has 1 amide bonds. The minimum absolute atomic E-state index is 0.0606. The Hall–Kier alpha value is -1.88. The molecule has 98 valence electrons. The molecule has 0 saturated heterocycles. The van der Waals surface area contributed by atoms with E-state index in [0.717, 1.165) is 0 Å². The van der Waals surface area contributed by atoms with Gasteiger partial charge in [0.1, 0.15) is 0 Å². The summed E-state index contributed by atoms with van der Waals surface area (Å²) in [7, 11) is 3.27. The number of rotatable bonds is 6. The first-order valence-electron chi connectivity index (χ1n) is 5.59. The van der Waals surface area contributed by atoms with Crippen LogP contribution < -0.4 is 0 Å². The third-order valence-electron chi connectivity index (χ3n) is 2.59. The highest BCUT2D eigenvalue weighted by molar-refractivity contribution is 5.88. The first-order chi connectivity index (χ1) is 8.54. The number of hydrogen-bond donors (Lipinski definition) is 1. The van der Waals surface area contributed by atoms with Crippen LogP contribution in [0.3, 0.4) is 0 Å². The van der Waals surface area contributed by atoms with Gasteiger partial charge in [-0.3, -0.25) is 4.79 Å². The molecule has 18 heavy (non-hydrogen) atoms. The molecule has 0 aliphatic heterocycles. The molecule has 1 aromatic carbocycles. The fourth-order valence-corrected chi connectivity index (χ4v) is 1.48. The van der Waals surface area contributed by atoms with Gasteiger partial charge in [-0.1, -0.05) is 12.1 Å². The summed E-state index contributed by atoms with van der Waals surface area (Å²) in [6.07, 6.45) is 0.196. The first kappa shape index (κ1) is 14.2. The van der Waals surface area contributed by atoms with Crippen molar-refractivity contribution in [2.75, 3.05) is 27.3 Å². The number of carbonyl (C=O) groups is 2. The lowest BCUT2D eigenvalue weighted by Crippen LogP contribution is -2.31. The molecular weight excluding hydrogens is 234 g/mol. The number of methoxy groups -OCH3 is 1. The predicted molar refractivity (Wildman–Crippen MR) is 66.6 cm³/mol. The van der Waals surface area contributed by atoms with E-state index in [4.69, 9.17) is 9.84 Å². The molecule has 0 saturated carbocycles. The van der Waals surface area contributed by atoms with Gasteiger partial charge in [-0.05, 0) is 17.7 Å². The molecule has 5 nitrogen and oxygen atoms in total. The van der Waals surface area contributed by atoms with Gasteiger partial charge in [0, 0.05) is 20.7 Å². The molecule has 0 radical (unpaired) electrons. The Bertz CT molecular complexity index is 431. The van der Waals surface area contributed by atoms with Crippen LogP contribution in [0.15, 0.2) is 24.3 Å². The second kappa shape index (κ2) is 6.76. The molecule has 1 rings (SSSR count). The Morgan fingerprint density at radius 2 is 2.11 bits per heavy atom. The van der Waals surface area contributed by atoms with Gasteiger partial charge in [0.15, 0.2) is 0 Å². The number of likely N-dealkylation sites (N-methyl/N-ethyl adjacent to an activating group) is 1. The van der Waals surface area contributed by atoms with E-state index in [1.807, 2.05) is 0 Å². The number of benzene rings is 1. The molecule has 1 aromatic rings. The number of nitrogens with zero attached hydrogens (tertiary/aromatic N) is 1. The van der Waals surface area contributed by atoms with Crippen molar-refractivity contribution in [3.05, 3.63) is 35.4 Å². The SMILES string of the molecule is COCCN(C)C(=O)Cc1cccc(C(=O)O)c1. The fraction of sp³-hybridized carbons (Fsp3) is 0.385. The predicted octanol–water partition coefficient (Wildman–Crippen LogP) is 1.03. The maximum Gasteiger partial charge on any atom is 0.335 e. The van der Waals surface area contributed by atoms with Crippen molar-refractivity contribution in [1.29, 1.82) is 0 Å². The minimum Gasteiger partial charge on any atom is -0.478 e. The zero-order chi connectivity index (χ0) is 13.5. The van der Waals surface area contributed by atoms with Crippen LogP contribution in [-0.2, 0) is 16.0 Å². The second-order valence-corrected chi connectivity index (χ2v) is 3.99. The number of hydrogen-bond acceptors (Lipinski definition) is 3. The number of carboxylic acid groups (broad SMARTS) is 1. The highest BCUT2D eigenvalue weighted by Gasteiger charge is 2.10. The van der Waals surface area contributed by atoms with Crippen LogP contribution in [-0.4, -0.2) is 49.2 Å². The Balaban J connectivity index is 2.64. The van der Waals surface area contributed by atoms with Crippen molar-refractivity contribution in [2.45, 2.75) is 6.42 Å². The van der Waals surface area contributed by atoms with Crippen LogP contribution in [0.1, 0.15) is 15.9 Å². The molecule has 0 atom stereocenters. The third-order valence-corrected chi connectivity index (χ3v) is 2.59. The summed E-state index contributed by atoms with van der Waals surface area (Å²) in [4.78, 5) is 24.2. The van der Waals surface area contributed by atoms with Crippen molar-refractivity contribution in [2.24, 2.45) is 0 Å². The standard InChI is InChI=1S/C13H17NO4/c1-14(6-7-18-2)12(15)9-10-4-3-5-11(8-10)13(16)17/h3-5,8H,6-7,9H2,1-2H3,(H,16,17). The first-order valence-corrected chi connectivity index (χ1v) is 5.59. The molecule has 1 N–H and O–H groups in total. The van der Waals surface area contributed by atoms with E-state index in [2.05, 4.69) is 0 Å². The van der Waals surface area contributed by atoms with E-state index in [-0.39, 0.29) is 17.9 Å². The van der Waals surface area contributed by atoms with Crippen molar-refractivity contribution >= 4 is 11.9 Å². The van der Waals surface area contributed by atoms with Gasteiger partial charge >= 0.3 is 5.97 Å². The van der Waals surface area contributed by atoms with Crippen molar-refractivity contribution < 1.29 is 19.4 Å². The molecule has 0 heterocycles. The van der Waals surface area contributed by atoms with Gasteiger partial charge in [-0.25, -0.2) is 4.79 Å². The highest BCUT2D eigenvalue weighted by Crippen LogP contribution is 2.07. The number of ether oxygens (including phenoxy) is 1. The summed E-state index contributed by atoms with van der Waals surface area (Å²) < 4.78 is 4.89. The van der Waals surface area contributed by atoms with Gasteiger partial charge in [-0.2, -0.15) is 0 Å². The van der Waals surface area contributed by atoms with Crippen molar-refractivity contribution in [3.63, 3.8) is 0 Å². The molecule has 0 aromatic heterocycles. The minimum atomic E-state index is -0.989. The second-order valence-electron chi connectivity index (χ2n) is 3.99. The normalized spacial score (nSPS) is 10.1. The number of carbonyl (C=O) groups excluding carboxylic acids is 1. The molecule has 0 unspecified atom stereocenters. The van der Waals surface area contributed by atoms with E-state index >= 15 is 0 Å². The summed E-state index contributed by atoms with van der Waals surface area (Å²) >= 11 is 0. The Morgan fingerprint density at radius 1 is 1.39 bits per heavy atom. The van der Waals surface area contributed by atoms with Gasteiger partial charge in [0.25, 0.3) is 0 Å². The van der Waals surface area contributed by atoms with E-state index in [0.29, 0.717) is 18.7 Å².